The van der Waals surface area contributed by atoms with Gasteiger partial charge in [0.2, 0.25) is 15.9 Å². The Labute approximate surface area is 200 Å². The lowest BCUT2D eigenvalue weighted by atomic mass is 9.73. The van der Waals surface area contributed by atoms with Gasteiger partial charge in [-0.25, -0.2) is 17.5 Å². The fourth-order valence-corrected chi connectivity index (χ4v) is 5.67. The van der Waals surface area contributed by atoms with E-state index >= 15 is 0 Å². The zero-order chi connectivity index (χ0) is 25.3. The third kappa shape index (κ3) is 6.09. The molecule has 34 heavy (non-hydrogen) atoms. The normalized spacial score (nSPS) is 22.3. The number of halogens is 5. The monoisotopic (exact) mass is 520 g/mol. The number of amides is 1. The topological polar surface area (TPSA) is 75.3 Å². The Kier molecular flexibility index (Phi) is 7.64. The molecule has 0 aromatic heterocycles. The summed E-state index contributed by atoms with van der Waals surface area (Å²) < 4.78 is 79.6. The molecular weight excluding hydrogens is 496 g/mol. The van der Waals surface area contributed by atoms with Crippen molar-refractivity contribution in [2.75, 3.05) is 0 Å². The number of carbonyl (C=O) groups excluding carboxylic acids is 1. The molecule has 0 spiro atoms. The standard InChI is InChI=1S/C23H25ClF4N2O3S/c1-14(15-3-5-16(25)6-4-15)29-21(31)22(2)11-9-17(10-12-22)30-34(32,33)18-7-8-19(20(24)13-18)23(26,27)28/h3-8,13-14,17,30H,9-12H2,1-2H3,(H,29,31)/t14-,17?,22?/m1/s1. The smallest absolute Gasteiger partial charge is 0.349 e. The number of nitrogens with one attached hydrogen (secondary N) is 2. The van der Waals surface area contributed by atoms with Crippen molar-refractivity contribution in [3.05, 3.63) is 64.4 Å². The molecule has 1 saturated carbocycles. The molecule has 186 valence electrons. The minimum absolute atomic E-state index is 0.180. The number of carbonyl (C=O) groups is 1. The summed E-state index contributed by atoms with van der Waals surface area (Å²) in [7, 11) is -4.09. The molecule has 0 heterocycles. The Morgan fingerprint density at radius 2 is 1.71 bits per heavy atom. The van der Waals surface area contributed by atoms with Gasteiger partial charge in [-0.1, -0.05) is 30.7 Å². The Morgan fingerprint density at radius 3 is 2.24 bits per heavy atom. The fraction of sp³-hybridized carbons (Fsp3) is 0.435. The number of benzene rings is 2. The quantitative estimate of drug-likeness (QED) is 0.487. The van der Waals surface area contributed by atoms with Gasteiger partial charge in [0, 0.05) is 11.5 Å². The molecule has 11 heteroatoms. The molecule has 1 atom stereocenters. The number of hydrogen-bond donors (Lipinski definition) is 2. The first-order valence-electron chi connectivity index (χ1n) is 10.7. The average Bonchev–Trinajstić information content (AvgIpc) is 2.74. The number of sulfonamides is 1. The summed E-state index contributed by atoms with van der Waals surface area (Å²) in [6, 6.07) is 7.33. The second kappa shape index (κ2) is 9.83. The van der Waals surface area contributed by atoms with E-state index in [-0.39, 0.29) is 22.7 Å². The molecule has 0 unspecified atom stereocenters. The van der Waals surface area contributed by atoms with Crippen LogP contribution in [0, 0.1) is 11.2 Å². The molecule has 2 N–H and O–H groups in total. The maximum Gasteiger partial charge on any atom is 0.417 e. The summed E-state index contributed by atoms with van der Waals surface area (Å²) in [4.78, 5) is 12.5. The second-order valence-electron chi connectivity index (χ2n) is 8.84. The van der Waals surface area contributed by atoms with Crippen LogP contribution in [0.3, 0.4) is 0 Å². The van der Waals surface area contributed by atoms with Gasteiger partial charge in [0.15, 0.2) is 0 Å². The Bertz CT molecular complexity index is 1150. The van der Waals surface area contributed by atoms with Gasteiger partial charge in [-0.2, -0.15) is 13.2 Å². The second-order valence-corrected chi connectivity index (χ2v) is 11.0. The Morgan fingerprint density at radius 1 is 1.12 bits per heavy atom. The molecule has 0 saturated heterocycles. The van der Waals surface area contributed by atoms with E-state index in [0.717, 1.165) is 17.7 Å². The summed E-state index contributed by atoms with van der Waals surface area (Å²) in [5.74, 6) is -0.547. The first-order chi connectivity index (χ1) is 15.7. The van der Waals surface area contributed by atoms with Gasteiger partial charge in [-0.15, -0.1) is 0 Å². The molecule has 1 aliphatic carbocycles. The van der Waals surface area contributed by atoms with Crippen molar-refractivity contribution < 1.29 is 30.8 Å². The highest BCUT2D eigenvalue weighted by molar-refractivity contribution is 7.89. The molecule has 1 aliphatic rings. The molecule has 5 nitrogen and oxygen atoms in total. The number of hydrogen-bond acceptors (Lipinski definition) is 3. The van der Waals surface area contributed by atoms with Crippen molar-refractivity contribution in [3.63, 3.8) is 0 Å². The predicted molar refractivity (Wildman–Crippen MR) is 120 cm³/mol. The average molecular weight is 521 g/mol. The van der Waals surface area contributed by atoms with Gasteiger partial charge in [0.1, 0.15) is 5.82 Å². The van der Waals surface area contributed by atoms with E-state index < -0.39 is 38.2 Å². The predicted octanol–water partition coefficient (Wildman–Crippen LogP) is 5.60. The Hall–Kier alpha value is -2.17. The van der Waals surface area contributed by atoms with Crippen LogP contribution in [0.5, 0.6) is 0 Å². The van der Waals surface area contributed by atoms with Gasteiger partial charge >= 0.3 is 6.18 Å². The van der Waals surface area contributed by atoms with Gasteiger partial charge in [0.25, 0.3) is 0 Å². The third-order valence-corrected chi connectivity index (χ3v) is 8.06. The largest absolute Gasteiger partial charge is 0.417 e. The Balaban J connectivity index is 1.60. The highest BCUT2D eigenvalue weighted by Crippen LogP contribution is 2.38. The van der Waals surface area contributed by atoms with Crippen LogP contribution in [0.4, 0.5) is 17.6 Å². The first kappa shape index (κ1) is 26.4. The van der Waals surface area contributed by atoms with E-state index in [2.05, 4.69) is 10.0 Å². The molecule has 3 rings (SSSR count). The van der Waals surface area contributed by atoms with Crippen molar-refractivity contribution in [2.45, 2.75) is 62.7 Å². The van der Waals surface area contributed by atoms with E-state index in [1.54, 1.807) is 26.0 Å². The first-order valence-corrected chi connectivity index (χ1v) is 12.5. The van der Waals surface area contributed by atoms with Gasteiger partial charge in [0.05, 0.1) is 21.5 Å². The van der Waals surface area contributed by atoms with Crippen molar-refractivity contribution in [2.24, 2.45) is 5.41 Å². The molecule has 2 aromatic carbocycles. The number of alkyl halides is 3. The minimum atomic E-state index is -4.69. The van der Waals surface area contributed by atoms with Crippen LogP contribution in [0.2, 0.25) is 5.02 Å². The van der Waals surface area contributed by atoms with Gasteiger partial charge < -0.3 is 5.32 Å². The molecule has 0 radical (unpaired) electrons. The van der Waals surface area contributed by atoms with E-state index in [9.17, 15) is 30.8 Å². The fourth-order valence-electron chi connectivity index (χ4n) is 3.99. The van der Waals surface area contributed by atoms with Crippen molar-refractivity contribution in [3.8, 4) is 0 Å². The SMILES string of the molecule is C[C@@H](NC(=O)C1(C)CCC(NS(=O)(=O)c2ccc(C(F)(F)F)c(Cl)c2)CC1)c1ccc(F)cc1. The van der Waals surface area contributed by atoms with Crippen LogP contribution in [0.25, 0.3) is 0 Å². The molecule has 2 aromatic rings. The molecule has 0 bridgehead atoms. The van der Waals surface area contributed by atoms with Crippen LogP contribution in [0.1, 0.15) is 56.7 Å². The van der Waals surface area contributed by atoms with Crippen LogP contribution < -0.4 is 10.0 Å². The van der Waals surface area contributed by atoms with Crippen LogP contribution in [-0.4, -0.2) is 20.4 Å². The van der Waals surface area contributed by atoms with Crippen molar-refractivity contribution >= 4 is 27.5 Å². The summed E-state index contributed by atoms with van der Waals surface area (Å²) in [6.07, 6.45) is -3.11. The van der Waals surface area contributed by atoms with Crippen LogP contribution in [-0.2, 0) is 21.0 Å². The molecule has 1 amide bonds. The zero-order valence-electron chi connectivity index (χ0n) is 18.5. The van der Waals surface area contributed by atoms with Crippen LogP contribution >= 0.6 is 11.6 Å². The molecule has 0 aliphatic heterocycles. The lowest BCUT2D eigenvalue weighted by molar-refractivity contribution is -0.137. The summed E-state index contributed by atoms with van der Waals surface area (Å²) in [5.41, 5.74) is -1.06. The van der Waals surface area contributed by atoms with E-state index in [1.807, 2.05) is 0 Å². The lowest BCUT2D eigenvalue weighted by Crippen LogP contribution is -2.46. The maximum absolute atomic E-state index is 13.1. The lowest BCUT2D eigenvalue weighted by Gasteiger charge is -2.37. The molecular formula is C23H25ClF4N2O3S. The highest BCUT2D eigenvalue weighted by atomic mass is 35.5. The summed E-state index contributed by atoms with van der Waals surface area (Å²) in [5, 5.41) is 2.24. The van der Waals surface area contributed by atoms with E-state index in [4.69, 9.17) is 11.6 Å². The summed E-state index contributed by atoms with van der Waals surface area (Å²) in [6.45, 7) is 3.60. The molecule has 1 fully saturated rings. The third-order valence-electron chi connectivity index (χ3n) is 6.23. The van der Waals surface area contributed by atoms with Crippen molar-refractivity contribution in [1.82, 2.24) is 10.0 Å². The summed E-state index contributed by atoms with van der Waals surface area (Å²) >= 11 is 5.65. The maximum atomic E-state index is 13.1. The van der Waals surface area contributed by atoms with Gasteiger partial charge in [-0.3, -0.25) is 4.79 Å². The highest BCUT2D eigenvalue weighted by Gasteiger charge is 2.39. The van der Waals surface area contributed by atoms with E-state index in [1.165, 1.54) is 12.1 Å². The van der Waals surface area contributed by atoms with Crippen LogP contribution in [0.15, 0.2) is 47.4 Å². The minimum Gasteiger partial charge on any atom is -0.349 e. The van der Waals surface area contributed by atoms with Gasteiger partial charge in [-0.05, 0) is 68.5 Å². The number of rotatable bonds is 6. The van der Waals surface area contributed by atoms with Crippen molar-refractivity contribution in [1.29, 1.82) is 0 Å². The zero-order valence-corrected chi connectivity index (χ0v) is 20.1. The van der Waals surface area contributed by atoms with E-state index in [0.29, 0.717) is 31.7 Å².